The van der Waals surface area contributed by atoms with Gasteiger partial charge in [-0.25, -0.2) is 21.6 Å². The number of hydrogen-bond acceptors (Lipinski definition) is 19. The number of esters is 1. The Morgan fingerprint density at radius 3 is 1.32 bits per heavy atom. The Morgan fingerprint density at radius 1 is 0.550 bits per heavy atom. The molecule has 0 N–H and O–H groups in total. The van der Waals surface area contributed by atoms with E-state index in [1.54, 1.807) is 90.3 Å². The van der Waals surface area contributed by atoms with Crippen LogP contribution in [0.25, 0.3) is 0 Å². The predicted octanol–water partition coefficient (Wildman–Crippen LogP) is 14.5. The van der Waals surface area contributed by atoms with Crippen molar-refractivity contribution < 1.29 is 83.8 Å². The van der Waals surface area contributed by atoms with E-state index in [4.69, 9.17) is 14.2 Å². The fourth-order valence-electron chi connectivity index (χ4n) is 18.2. The van der Waals surface area contributed by atoms with Crippen LogP contribution in [0.4, 0.5) is 0 Å². The molecule has 0 radical (unpaired) electrons. The van der Waals surface area contributed by atoms with Gasteiger partial charge in [0.05, 0.1) is 69.1 Å². The lowest BCUT2D eigenvalue weighted by Gasteiger charge is -2.39. The van der Waals surface area contributed by atoms with E-state index in [2.05, 4.69) is 45.8 Å². The highest BCUT2D eigenvalue weighted by molar-refractivity contribution is 7.93. The third-order valence-corrected chi connectivity index (χ3v) is 31.2. The number of rotatable bonds is 21. The highest BCUT2D eigenvalue weighted by Crippen LogP contribution is 2.66. The summed E-state index contributed by atoms with van der Waals surface area (Å²) in [6.45, 7) is 36.7. The molecule has 8 fully saturated rings. The Morgan fingerprint density at radius 2 is 0.927 bits per heavy atom. The summed E-state index contributed by atoms with van der Waals surface area (Å²) in [5, 5.41) is 0. The molecule has 4 saturated heterocycles. The van der Waals surface area contributed by atoms with Gasteiger partial charge in [-0.15, -0.1) is 13.2 Å². The number of piperidine rings is 2. The van der Waals surface area contributed by atoms with Crippen molar-refractivity contribution in [1.29, 1.82) is 0 Å². The summed E-state index contributed by atoms with van der Waals surface area (Å²) < 4.78 is 67.5. The number of amides is 2. The molecule has 4 aliphatic carbocycles. The summed E-state index contributed by atoms with van der Waals surface area (Å²) in [4.78, 5) is 154. The summed E-state index contributed by atoms with van der Waals surface area (Å²) in [6.07, 6.45) is 22.4. The van der Waals surface area contributed by atoms with Crippen LogP contribution in [0.15, 0.2) is 30.3 Å². The number of ketones is 7. The number of Topliss-reactive ketones (excluding diaryl/α,β-unsaturated/α-hetero) is 7. The van der Waals surface area contributed by atoms with E-state index in [1.165, 1.54) is 0 Å². The molecule has 12 atom stereocenters. The van der Waals surface area contributed by atoms with Gasteiger partial charge in [0.2, 0.25) is 29.5 Å². The van der Waals surface area contributed by atoms with Gasteiger partial charge in [0.15, 0.2) is 42.8 Å². The zero-order valence-corrected chi connectivity index (χ0v) is 70.8. The van der Waals surface area contributed by atoms with E-state index in [0.29, 0.717) is 77.7 Å². The second-order valence-electron chi connectivity index (χ2n) is 37.7. The SMILES string of the molecule is C=CCCC(=O)C(=O)[C@@H]1CCCCCCCO[C@@H](C)[C@H](CC(=O)CC2(CS(=O)(=O)C(C)(C)C)CCCCC2)C(=O)N2C[C@H]3[C@@H]([C@H]2C(=O)C1)C3(C)C.C=CCCC(=O)C(=O)[C@@H]1CCCCCCCO[C@@H](C)[C@H](CC(=O)OC(C)(C)C)C(=O)N2C[C@H]3[C@@H]([C@H]2C(=O)C1)C3(C)C.CC(C)(C)S(=O)(=O)CC1(N=C=O)CCCCC1. The van der Waals surface area contributed by atoms with Crippen LogP contribution < -0.4 is 0 Å². The Balaban J connectivity index is 0.000000285. The van der Waals surface area contributed by atoms with E-state index < -0.39 is 123 Å². The molecular formula is C86H137N3O18S2. The molecular weight excluding hydrogens is 1430 g/mol. The van der Waals surface area contributed by atoms with Crippen LogP contribution in [0, 0.1) is 63.6 Å². The normalized spacial score (nSPS) is 29.2. The zero-order chi connectivity index (χ0) is 81.5. The van der Waals surface area contributed by atoms with Crippen molar-refractivity contribution in [2.75, 3.05) is 37.8 Å². The van der Waals surface area contributed by atoms with Crippen molar-refractivity contribution in [3.8, 4) is 0 Å². The molecule has 23 heteroatoms. The standard InChI is InChI=1S/C41H65NO8S.C33H51NO7.C12H21NO3S/c1-8-9-19-33(44)37(46)29-18-14-11-10-12-17-22-50-28(2)31(38(47)42-26-32-35(40(32,6)7)36(42)34(45)23-29)24-30(43)25-41(20-15-13-16-21-41)27-51(48,49)39(3,4)5;1-8-9-16-25(35)30(38)22-15-13-11-10-12-14-17-40-21(2)23(19-27(37)41-32(3,4)5)31(39)34-20-24-28(33(24,6)7)29(34)26(36)18-22;1-11(2,3)17(15,16)9-12(13-10-14)7-5-4-6-8-12/h8,28-29,31-32,35-36H,1,9-27H2,2-7H3;8,21-24,28-29H,1,9-20H2,2-7H3;4-9H2,1-3H3/t28-,29+,31-,32-,35-,36+;21-,22+,23-,24-,28-,29+;/m00./s1. The van der Waals surface area contributed by atoms with Crippen LogP contribution in [0.3, 0.4) is 0 Å². The maximum Gasteiger partial charge on any atom is 0.307 e. The second kappa shape index (κ2) is 39.2. The van der Waals surface area contributed by atoms with Gasteiger partial charge in [0.25, 0.3) is 0 Å². The number of sulfone groups is 2. The van der Waals surface area contributed by atoms with Crippen molar-refractivity contribution in [3.05, 3.63) is 25.3 Å². The van der Waals surface area contributed by atoms with Gasteiger partial charge in [-0.05, 0) is 180 Å². The number of allylic oxidation sites excluding steroid dienone is 2. The molecule has 8 rings (SSSR count). The van der Waals surface area contributed by atoms with Crippen LogP contribution in [0.1, 0.15) is 303 Å². The Hall–Kier alpha value is -5.22. The minimum Gasteiger partial charge on any atom is -0.460 e. The monoisotopic (exact) mass is 1560 g/mol. The van der Waals surface area contributed by atoms with Crippen molar-refractivity contribution in [1.82, 2.24) is 9.80 Å². The quantitative estimate of drug-likeness (QED) is 0.0339. The molecule has 0 aromatic rings. The molecule has 0 bridgehead atoms. The van der Waals surface area contributed by atoms with Crippen molar-refractivity contribution in [2.45, 2.75) is 348 Å². The average Bonchev–Trinajstić information content (AvgIpc) is 1.53. The maximum absolute atomic E-state index is 14.7. The molecule has 8 aliphatic rings. The highest BCUT2D eigenvalue weighted by atomic mass is 32.2. The van der Waals surface area contributed by atoms with Crippen molar-refractivity contribution >= 4 is 84.0 Å². The predicted molar refractivity (Wildman–Crippen MR) is 422 cm³/mol. The van der Waals surface area contributed by atoms with Gasteiger partial charge >= 0.3 is 5.97 Å². The maximum atomic E-state index is 14.7. The fraction of sp³-hybridized carbons (Fsp3) is 0.826. The van der Waals surface area contributed by atoms with E-state index >= 15 is 0 Å². The molecule has 0 aromatic carbocycles. The van der Waals surface area contributed by atoms with E-state index in [9.17, 15) is 69.6 Å². The molecule has 616 valence electrons. The van der Waals surface area contributed by atoms with E-state index in [0.717, 1.165) is 103 Å². The summed E-state index contributed by atoms with van der Waals surface area (Å²) in [5.74, 6) is -6.26. The Kier molecular flexibility index (Phi) is 33.3. The zero-order valence-electron chi connectivity index (χ0n) is 69.2. The molecule has 21 nitrogen and oxygen atoms in total. The van der Waals surface area contributed by atoms with Gasteiger partial charge in [0.1, 0.15) is 11.4 Å². The lowest BCUT2D eigenvalue weighted by molar-refractivity contribution is -0.162. The summed E-state index contributed by atoms with van der Waals surface area (Å²) in [5.41, 5.74) is -2.30. The molecule has 0 aromatic heterocycles. The topological polar surface area (TPSA) is 303 Å². The first-order valence-electron chi connectivity index (χ1n) is 41.3. The first kappa shape index (κ1) is 92.6. The summed E-state index contributed by atoms with van der Waals surface area (Å²) in [6, 6.07) is -1.40. The number of fused-ring (bicyclic) bond motifs is 6. The molecule has 4 saturated carbocycles. The van der Waals surface area contributed by atoms with Gasteiger partial charge < -0.3 is 24.0 Å². The van der Waals surface area contributed by atoms with Crippen molar-refractivity contribution in [2.24, 2.45) is 68.6 Å². The second-order valence-corrected chi connectivity index (χ2v) is 43.2. The smallest absolute Gasteiger partial charge is 0.307 e. The number of nitrogens with zero attached hydrogens (tertiary/aromatic N) is 3. The number of carbonyl (C=O) groups excluding carboxylic acids is 11. The minimum atomic E-state index is -3.49. The third-order valence-electron chi connectivity index (χ3n) is 25.5. The third kappa shape index (κ3) is 24.9. The molecule has 0 spiro atoms. The molecule has 4 heterocycles. The van der Waals surface area contributed by atoms with Crippen molar-refractivity contribution in [3.63, 3.8) is 0 Å². The van der Waals surface area contributed by atoms with E-state index in [1.807, 2.05) is 13.8 Å². The number of carbonyl (C=O) groups is 10. The van der Waals surface area contributed by atoms with Crippen LogP contribution >= 0.6 is 0 Å². The van der Waals surface area contributed by atoms with E-state index in [-0.39, 0.29) is 120 Å². The molecule has 109 heavy (non-hydrogen) atoms. The largest absolute Gasteiger partial charge is 0.460 e. The first-order valence-corrected chi connectivity index (χ1v) is 44.6. The van der Waals surface area contributed by atoms with Gasteiger partial charge in [-0.2, -0.15) is 4.99 Å². The number of isocyanates is 1. The average molecular weight is 1570 g/mol. The first-order chi connectivity index (χ1) is 50.8. The van der Waals surface area contributed by atoms with Crippen LogP contribution in [0.2, 0.25) is 0 Å². The minimum absolute atomic E-state index is 0.0107. The lowest BCUT2D eigenvalue weighted by atomic mass is 9.71. The molecule has 0 unspecified atom stereocenters. The molecule has 4 aliphatic heterocycles. The highest BCUT2D eigenvalue weighted by Gasteiger charge is 2.71. The van der Waals surface area contributed by atoms with Gasteiger partial charge in [-0.1, -0.05) is 130 Å². The Bertz CT molecular complexity index is 3520. The Labute approximate surface area is 653 Å². The van der Waals surface area contributed by atoms with Crippen LogP contribution in [-0.4, -0.2) is 174 Å². The number of hydrogen-bond donors (Lipinski definition) is 0. The number of aliphatic imine (C=N–C) groups is 1. The number of ether oxygens (including phenoxy) is 3. The van der Waals surface area contributed by atoms with Gasteiger partial charge in [-0.3, -0.25) is 47.9 Å². The van der Waals surface area contributed by atoms with Gasteiger partial charge in [0, 0.05) is 76.7 Å². The summed E-state index contributed by atoms with van der Waals surface area (Å²) >= 11 is 0. The molecule has 2 amide bonds. The fourth-order valence-corrected chi connectivity index (χ4v) is 21.3. The lowest BCUT2D eigenvalue weighted by Crippen LogP contribution is -2.51. The van der Waals surface area contributed by atoms with Crippen LogP contribution in [0.5, 0.6) is 0 Å². The van der Waals surface area contributed by atoms with Crippen LogP contribution in [-0.2, 0) is 86.6 Å². The summed E-state index contributed by atoms with van der Waals surface area (Å²) in [7, 11) is -6.74.